The average Bonchev–Trinajstić information content (AvgIpc) is 2.60. The number of benzene rings is 2. The summed E-state index contributed by atoms with van der Waals surface area (Å²) in [7, 11) is -3.57. The Bertz CT molecular complexity index is 866. The minimum atomic E-state index is -3.57. The van der Waals surface area contributed by atoms with E-state index in [-0.39, 0.29) is 17.0 Å². The van der Waals surface area contributed by atoms with Gasteiger partial charge in [0.05, 0.1) is 4.90 Å². The van der Waals surface area contributed by atoms with Crippen LogP contribution in [0.5, 0.6) is 0 Å². The minimum Gasteiger partial charge on any atom is -0.380 e. The SMILES string of the molecule is Cc1ccc(C)c(N[C@@H]2CCCC[C@H]2NS(=O)(=O)c2ccc(Cl)cc2)c1. The molecule has 26 heavy (non-hydrogen) atoms. The molecule has 3 rings (SSSR count). The molecule has 2 aromatic rings. The van der Waals surface area contributed by atoms with Crippen LogP contribution in [-0.4, -0.2) is 20.5 Å². The Hall–Kier alpha value is -1.56. The molecule has 0 radical (unpaired) electrons. The van der Waals surface area contributed by atoms with Gasteiger partial charge in [0.15, 0.2) is 0 Å². The van der Waals surface area contributed by atoms with E-state index < -0.39 is 10.0 Å². The molecular weight excluding hydrogens is 368 g/mol. The molecule has 0 unspecified atom stereocenters. The predicted octanol–water partition coefficient (Wildman–Crippen LogP) is 4.66. The summed E-state index contributed by atoms with van der Waals surface area (Å²) >= 11 is 5.87. The van der Waals surface area contributed by atoms with Gasteiger partial charge in [-0.3, -0.25) is 0 Å². The van der Waals surface area contributed by atoms with Gasteiger partial charge in [0.2, 0.25) is 10.0 Å². The summed E-state index contributed by atoms with van der Waals surface area (Å²) in [5.41, 5.74) is 3.43. The highest BCUT2D eigenvalue weighted by atomic mass is 35.5. The summed E-state index contributed by atoms with van der Waals surface area (Å²) in [6.45, 7) is 4.13. The molecule has 0 amide bonds. The summed E-state index contributed by atoms with van der Waals surface area (Å²) < 4.78 is 28.4. The van der Waals surface area contributed by atoms with Crippen molar-refractivity contribution in [3.05, 3.63) is 58.6 Å². The Morgan fingerprint density at radius 1 is 0.962 bits per heavy atom. The molecule has 1 aliphatic rings. The fourth-order valence-corrected chi connectivity index (χ4v) is 4.85. The van der Waals surface area contributed by atoms with Crippen LogP contribution in [0.2, 0.25) is 5.02 Å². The smallest absolute Gasteiger partial charge is 0.240 e. The number of aryl methyl sites for hydroxylation is 2. The third-order valence-corrected chi connectivity index (χ3v) is 6.69. The molecule has 0 aromatic heterocycles. The molecule has 0 heterocycles. The zero-order chi connectivity index (χ0) is 18.7. The number of hydrogen-bond donors (Lipinski definition) is 2. The predicted molar refractivity (Wildman–Crippen MR) is 107 cm³/mol. The van der Waals surface area contributed by atoms with Crippen molar-refractivity contribution >= 4 is 27.3 Å². The normalized spacial score (nSPS) is 20.7. The van der Waals surface area contributed by atoms with Crippen molar-refractivity contribution in [1.82, 2.24) is 4.72 Å². The van der Waals surface area contributed by atoms with E-state index in [9.17, 15) is 8.42 Å². The first-order chi connectivity index (χ1) is 12.3. The van der Waals surface area contributed by atoms with Crippen molar-refractivity contribution in [2.45, 2.75) is 56.5 Å². The quantitative estimate of drug-likeness (QED) is 0.778. The highest BCUT2D eigenvalue weighted by Gasteiger charge is 2.29. The Kier molecular flexibility index (Phi) is 5.90. The van der Waals surface area contributed by atoms with E-state index in [4.69, 9.17) is 11.6 Å². The molecular formula is C20H25ClN2O2S. The molecule has 6 heteroatoms. The summed E-state index contributed by atoms with van der Waals surface area (Å²) in [6.07, 6.45) is 3.90. The van der Waals surface area contributed by atoms with Crippen LogP contribution < -0.4 is 10.0 Å². The van der Waals surface area contributed by atoms with Crippen molar-refractivity contribution in [2.24, 2.45) is 0 Å². The van der Waals surface area contributed by atoms with Gasteiger partial charge in [0, 0.05) is 22.8 Å². The number of anilines is 1. The van der Waals surface area contributed by atoms with Crippen molar-refractivity contribution in [3.8, 4) is 0 Å². The summed E-state index contributed by atoms with van der Waals surface area (Å²) in [6, 6.07) is 12.5. The maximum Gasteiger partial charge on any atom is 0.240 e. The zero-order valence-corrected chi connectivity index (χ0v) is 16.7. The van der Waals surface area contributed by atoms with Crippen LogP contribution in [-0.2, 0) is 10.0 Å². The van der Waals surface area contributed by atoms with E-state index in [2.05, 4.69) is 42.1 Å². The van der Waals surface area contributed by atoms with Gasteiger partial charge in [-0.15, -0.1) is 0 Å². The molecule has 0 aliphatic heterocycles. The molecule has 1 aliphatic carbocycles. The maximum absolute atomic E-state index is 12.7. The lowest BCUT2D eigenvalue weighted by Crippen LogP contribution is -2.48. The summed E-state index contributed by atoms with van der Waals surface area (Å²) in [5.74, 6) is 0. The Labute approximate surface area is 161 Å². The van der Waals surface area contributed by atoms with Gasteiger partial charge in [-0.25, -0.2) is 13.1 Å². The second-order valence-electron chi connectivity index (χ2n) is 7.04. The van der Waals surface area contributed by atoms with Crippen LogP contribution in [0, 0.1) is 13.8 Å². The van der Waals surface area contributed by atoms with Gasteiger partial charge in [0.1, 0.15) is 0 Å². The number of rotatable bonds is 5. The van der Waals surface area contributed by atoms with Crippen LogP contribution in [0.3, 0.4) is 0 Å². The van der Waals surface area contributed by atoms with Gasteiger partial charge in [0.25, 0.3) is 0 Å². The Balaban J connectivity index is 1.78. The lowest BCUT2D eigenvalue weighted by molar-refractivity contribution is 0.378. The largest absolute Gasteiger partial charge is 0.380 e. The van der Waals surface area contributed by atoms with Crippen molar-refractivity contribution < 1.29 is 8.42 Å². The van der Waals surface area contributed by atoms with Crippen LogP contribution >= 0.6 is 11.6 Å². The highest BCUT2D eigenvalue weighted by Crippen LogP contribution is 2.26. The van der Waals surface area contributed by atoms with Gasteiger partial charge in [-0.2, -0.15) is 0 Å². The number of hydrogen-bond acceptors (Lipinski definition) is 3. The molecule has 1 saturated carbocycles. The van der Waals surface area contributed by atoms with Gasteiger partial charge >= 0.3 is 0 Å². The summed E-state index contributed by atoms with van der Waals surface area (Å²) in [4.78, 5) is 0.248. The topological polar surface area (TPSA) is 58.2 Å². The molecule has 2 N–H and O–H groups in total. The van der Waals surface area contributed by atoms with Gasteiger partial charge in [-0.05, 0) is 68.1 Å². The van der Waals surface area contributed by atoms with Crippen molar-refractivity contribution in [3.63, 3.8) is 0 Å². The molecule has 0 spiro atoms. The second kappa shape index (κ2) is 7.99. The molecule has 140 valence electrons. The van der Waals surface area contributed by atoms with Crippen molar-refractivity contribution in [1.29, 1.82) is 0 Å². The van der Waals surface area contributed by atoms with Crippen molar-refractivity contribution in [2.75, 3.05) is 5.32 Å². The van der Waals surface area contributed by atoms with Crippen LogP contribution in [0.1, 0.15) is 36.8 Å². The zero-order valence-electron chi connectivity index (χ0n) is 15.1. The van der Waals surface area contributed by atoms with E-state index in [1.54, 1.807) is 24.3 Å². The maximum atomic E-state index is 12.7. The van der Waals surface area contributed by atoms with Gasteiger partial charge in [-0.1, -0.05) is 36.6 Å². The molecule has 0 saturated heterocycles. The first kappa shape index (κ1) is 19.2. The minimum absolute atomic E-state index is 0.0753. The van der Waals surface area contributed by atoms with Crippen LogP contribution in [0.25, 0.3) is 0 Å². The van der Waals surface area contributed by atoms with E-state index in [0.29, 0.717) is 5.02 Å². The number of nitrogens with one attached hydrogen (secondary N) is 2. The van der Waals surface area contributed by atoms with Crippen LogP contribution in [0.4, 0.5) is 5.69 Å². The standard InChI is InChI=1S/C20H25ClN2O2S/c1-14-7-8-15(2)20(13-14)22-18-5-3-4-6-19(18)23-26(24,25)17-11-9-16(21)10-12-17/h7-13,18-19,22-23H,3-6H2,1-2H3/t18-,19-/m1/s1. The molecule has 0 bridgehead atoms. The molecule has 1 fully saturated rings. The lowest BCUT2D eigenvalue weighted by Gasteiger charge is -2.33. The summed E-state index contributed by atoms with van der Waals surface area (Å²) in [5, 5.41) is 4.10. The highest BCUT2D eigenvalue weighted by molar-refractivity contribution is 7.89. The van der Waals surface area contributed by atoms with Gasteiger partial charge < -0.3 is 5.32 Å². The third-order valence-electron chi connectivity index (χ3n) is 4.93. The van der Waals surface area contributed by atoms with E-state index >= 15 is 0 Å². The average molecular weight is 393 g/mol. The first-order valence-electron chi connectivity index (χ1n) is 8.97. The molecule has 2 aromatic carbocycles. The third kappa shape index (κ3) is 4.58. The first-order valence-corrected chi connectivity index (χ1v) is 10.8. The number of sulfonamides is 1. The molecule has 4 nitrogen and oxygen atoms in total. The Morgan fingerprint density at radius 3 is 2.31 bits per heavy atom. The van der Waals surface area contributed by atoms with E-state index in [1.807, 2.05) is 0 Å². The van der Waals surface area contributed by atoms with Crippen LogP contribution in [0.15, 0.2) is 47.4 Å². The molecule has 2 atom stereocenters. The second-order valence-corrected chi connectivity index (χ2v) is 9.19. The monoisotopic (exact) mass is 392 g/mol. The van der Waals surface area contributed by atoms with E-state index in [1.165, 1.54) is 11.1 Å². The lowest BCUT2D eigenvalue weighted by atomic mass is 9.90. The van der Waals surface area contributed by atoms with E-state index in [0.717, 1.165) is 31.4 Å². The fourth-order valence-electron chi connectivity index (χ4n) is 3.42. The fraction of sp³-hybridized carbons (Fsp3) is 0.400. The Morgan fingerprint density at radius 2 is 1.62 bits per heavy atom. The number of halogens is 1.